The molecule has 0 bridgehead atoms. The van der Waals surface area contributed by atoms with Crippen LogP contribution in [0.25, 0.3) is 11.1 Å². The van der Waals surface area contributed by atoms with Crippen molar-refractivity contribution in [3.8, 4) is 16.9 Å². The SMILES string of the molecule is COC(=O)c1cc(-c2ccc(OS)cc2C)cc(C(=O)OC)n1. The van der Waals surface area contributed by atoms with Crippen LogP contribution in [0.4, 0.5) is 0 Å². The quantitative estimate of drug-likeness (QED) is 0.527. The van der Waals surface area contributed by atoms with Gasteiger partial charge in [-0.25, -0.2) is 14.6 Å². The lowest BCUT2D eigenvalue weighted by atomic mass is 9.99. The Morgan fingerprint density at radius 3 is 2.00 bits per heavy atom. The van der Waals surface area contributed by atoms with Crippen LogP contribution in [0, 0.1) is 6.92 Å². The van der Waals surface area contributed by atoms with Crippen molar-refractivity contribution in [1.82, 2.24) is 4.98 Å². The van der Waals surface area contributed by atoms with Crippen molar-refractivity contribution in [2.45, 2.75) is 6.92 Å². The molecule has 0 atom stereocenters. The average Bonchev–Trinajstić information content (AvgIpc) is 2.59. The lowest BCUT2D eigenvalue weighted by Crippen LogP contribution is -2.11. The van der Waals surface area contributed by atoms with Gasteiger partial charge in [-0.15, -0.1) is 0 Å². The second-order valence-corrected chi connectivity index (χ2v) is 4.86. The standard InChI is InChI=1S/C16H15NO5S/c1-9-6-11(22-23)4-5-12(9)10-7-13(15(18)20-2)17-14(8-10)16(19)21-3/h4-8,23H,1-3H3. The van der Waals surface area contributed by atoms with Gasteiger partial charge in [0.15, 0.2) is 0 Å². The molecule has 7 heteroatoms. The minimum atomic E-state index is -0.634. The fourth-order valence-corrected chi connectivity index (χ4v) is 2.23. The summed E-state index contributed by atoms with van der Waals surface area (Å²) >= 11 is 3.76. The lowest BCUT2D eigenvalue weighted by Gasteiger charge is -2.10. The van der Waals surface area contributed by atoms with Crippen molar-refractivity contribution in [3.05, 3.63) is 47.3 Å². The first-order valence-electron chi connectivity index (χ1n) is 6.61. The van der Waals surface area contributed by atoms with Gasteiger partial charge in [0.05, 0.1) is 14.2 Å². The van der Waals surface area contributed by atoms with Crippen LogP contribution >= 0.6 is 12.9 Å². The third-order valence-corrected chi connectivity index (χ3v) is 3.44. The molecule has 2 aromatic rings. The summed E-state index contributed by atoms with van der Waals surface area (Å²) in [4.78, 5) is 27.5. The molecule has 0 saturated carbocycles. The first-order valence-corrected chi connectivity index (χ1v) is 6.97. The summed E-state index contributed by atoms with van der Waals surface area (Å²) in [7, 11) is 2.50. The van der Waals surface area contributed by atoms with Gasteiger partial charge in [-0.3, -0.25) is 0 Å². The second-order valence-electron chi connectivity index (χ2n) is 4.68. The van der Waals surface area contributed by atoms with Crippen LogP contribution in [0.1, 0.15) is 26.5 Å². The Morgan fingerprint density at radius 1 is 1.00 bits per heavy atom. The maximum absolute atomic E-state index is 11.8. The molecule has 0 N–H and O–H groups in total. The highest BCUT2D eigenvalue weighted by atomic mass is 32.1. The molecule has 1 aromatic heterocycles. The van der Waals surface area contributed by atoms with E-state index in [1.807, 2.05) is 6.92 Å². The molecule has 0 amide bonds. The van der Waals surface area contributed by atoms with E-state index < -0.39 is 11.9 Å². The number of methoxy groups -OCH3 is 2. The third-order valence-electron chi connectivity index (χ3n) is 3.23. The number of ether oxygens (including phenoxy) is 2. The number of rotatable bonds is 4. The van der Waals surface area contributed by atoms with Gasteiger partial charge in [-0.05, 0) is 47.9 Å². The summed E-state index contributed by atoms with van der Waals surface area (Å²) in [6, 6.07) is 8.44. The topological polar surface area (TPSA) is 74.7 Å². The molecule has 6 nitrogen and oxygen atoms in total. The second kappa shape index (κ2) is 7.15. The van der Waals surface area contributed by atoms with Crippen molar-refractivity contribution in [3.63, 3.8) is 0 Å². The summed E-state index contributed by atoms with van der Waals surface area (Å²) in [5.41, 5.74) is 2.40. The Hall–Kier alpha value is -2.54. The Bertz CT molecular complexity index is 726. The normalized spacial score (nSPS) is 10.1. The highest BCUT2D eigenvalue weighted by molar-refractivity contribution is 7.75. The number of pyridine rings is 1. The average molecular weight is 333 g/mol. The van der Waals surface area contributed by atoms with E-state index in [1.165, 1.54) is 14.2 Å². The van der Waals surface area contributed by atoms with Crippen LogP contribution in [0.3, 0.4) is 0 Å². The number of nitrogens with zero attached hydrogens (tertiary/aromatic N) is 1. The number of aromatic nitrogens is 1. The Kier molecular flexibility index (Phi) is 5.23. The molecule has 1 aromatic carbocycles. The molecule has 1 heterocycles. The van der Waals surface area contributed by atoms with Gasteiger partial charge >= 0.3 is 11.9 Å². The highest BCUT2D eigenvalue weighted by Gasteiger charge is 2.17. The number of aryl methyl sites for hydroxylation is 1. The maximum Gasteiger partial charge on any atom is 0.356 e. The third kappa shape index (κ3) is 3.62. The molecule has 120 valence electrons. The molecular weight excluding hydrogens is 318 g/mol. The molecule has 0 radical (unpaired) electrons. The van der Waals surface area contributed by atoms with Crippen LogP contribution in [-0.2, 0) is 9.47 Å². The van der Waals surface area contributed by atoms with Crippen molar-refractivity contribution >= 4 is 24.8 Å². The number of thiol groups is 1. The van der Waals surface area contributed by atoms with Crippen LogP contribution < -0.4 is 4.18 Å². The lowest BCUT2D eigenvalue weighted by molar-refractivity contribution is 0.0586. The van der Waals surface area contributed by atoms with E-state index in [-0.39, 0.29) is 11.4 Å². The van der Waals surface area contributed by atoms with E-state index in [0.29, 0.717) is 11.3 Å². The zero-order chi connectivity index (χ0) is 17.0. The molecule has 0 fully saturated rings. The van der Waals surface area contributed by atoms with E-state index in [9.17, 15) is 9.59 Å². The fraction of sp³-hybridized carbons (Fsp3) is 0.188. The van der Waals surface area contributed by atoms with Crippen LogP contribution in [0.5, 0.6) is 5.75 Å². The zero-order valence-corrected chi connectivity index (χ0v) is 13.7. The van der Waals surface area contributed by atoms with E-state index in [0.717, 1.165) is 11.1 Å². The first-order chi connectivity index (χ1) is 11.0. The predicted molar refractivity (Wildman–Crippen MR) is 86.7 cm³/mol. The molecule has 2 rings (SSSR count). The number of carbonyl (C=O) groups excluding carboxylic acids is 2. The number of hydrogen-bond acceptors (Lipinski definition) is 7. The van der Waals surface area contributed by atoms with Gasteiger partial charge in [0, 0.05) is 12.9 Å². The van der Waals surface area contributed by atoms with E-state index in [2.05, 4.69) is 27.4 Å². The summed E-state index contributed by atoms with van der Waals surface area (Å²) in [5, 5.41) is 0. The number of hydrogen-bond donors (Lipinski definition) is 1. The molecule has 23 heavy (non-hydrogen) atoms. The predicted octanol–water partition coefficient (Wildman–Crippen LogP) is 2.85. The van der Waals surface area contributed by atoms with Gasteiger partial charge in [0.1, 0.15) is 17.1 Å². The molecule has 0 spiro atoms. The molecular formula is C16H15NO5S. The Labute approximate surface area is 139 Å². The van der Waals surface area contributed by atoms with Crippen molar-refractivity contribution in [2.24, 2.45) is 0 Å². The van der Waals surface area contributed by atoms with Crippen molar-refractivity contribution < 1.29 is 23.2 Å². The summed E-state index contributed by atoms with van der Waals surface area (Å²) < 4.78 is 14.2. The maximum atomic E-state index is 11.8. The highest BCUT2D eigenvalue weighted by Crippen LogP contribution is 2.28. The number of carbonyl (C=O) groups is 2. The van der Waals surface area contributed by atoms with Gasteiger partial charge in [0.25, 0.3) is 0 Å². The van der Waals surface area contributed by atoms with E-state index in [1.54, 1.807) is 30.3 Å². The largest absolute Gasteiger partial charge is 0.464 e. The Morgan fingerprint density at radius 2 is 1.57 bits per heavy atom. The van der Waals surface area contributed by atoms with Gasteiger partial charge in [-0.2, -0.15) is 0 Å². The smallest absolute Gasteiger partial charge is 0.356 e. The number of benzene rings is 1. The molecule has 0 aliphatic heterocycles. The molecule has 0 aliphatic carbocycles. The summed E-state index contributed by atoms with van der Waals surface area (Å²) in [6.07, 6.45) is 0. The molecule has 0 aliphatic rings. The van der Waals surface area contributed by atoms with Crippen molar-refractivity contribution in [1.29, 1.82) is 0 Å². The minimum absolute atomic E-state index is 0.0271. The van der Waals surface area contributed by atoms with Gasteiger partial charge in [0.2, 0.25) is 0 Å². The fourth-order valence-electron chi connectivity index (χ4n) is 2.12. The van der Waals surface area contributed by atoms with Crippen LogP contribution in [-0.4, -0.2) is 31.1 Å². The van der Waals surface area contributed by atoms with E-state index >= 15 is 0 Å². The van der Waals surface area contributed by atoms with Crippen LogP contribution in [0.2, 0.25) is 0 Å². The zero-order valence-electron chi connectivity index (χ0n) is 12.8. The summed E-state index contributed by atoms with van der Waals surface area (Å²) in [6.45, 7) is 1.88. The van der Waals surface area contributed by atoms with Crippen molar-refractivity contribution in [2.75, 3.05) is 14.2 Å². The number of esters is 2. The van der Waals surface area contributed by atoms with Crippen LogP contribution in [0.15, 0.2) is 30.3 Å². The molecule has 0 saturated heterocycles. The van der Waals surface area contributed by atoms with E-state index in [4.69, 9.17) is 4.18 Å². The minimum Gasteiger partial charge on any atom is -0.464 e. The Balaban J connectivity index is 2.61. The summed E-state index contributed by atoms with van der Waals surface area (Å²) in [5.74, 6) is -0.681. The molecule has 0 unspecified atom stereocenters. The van der Waals surface area contributed by atoms with Gasteiger partial charge < -0.3 is 13.7 Å². The monoisotopic (exact) mass is 333 g/mol. The first kappa shape index (κ1) is 16.8. The van der Waals surface area contributed by atoms with Gasteiger partial charge in [-0.1, -0.05) is 6.07 Å².